The van der Waals surface area contributed by atoms with Gasteiger partial charge in [0.1, 0.15) is 5.76 Å². The van der Waals surface area contributed by atoms with Crippen LogP contribution in [0.2, 0.25) is 0 Å². The van der Waals surface area contributed by atoms with E-state index in [1.165, 1.54) is 17.3 Å². The van der Waals surface area contributed by atoms with Gasteiger partial charge in [0, 0.05) is 24.7 Å². The normalized spacial score (nSPS) is 17.8. The van der Waals surface area contributed by atoms with Gasteiger partial charge in [0.25, 0.3) is 5.91 Å². The standard InChI is InChI=1S/C20H21N3O2/c1-14-19(22-13-25-14)20(24)23-10-4-5-15(12-23)11-16-6-2-8-18-17(16)7-3-9-21-18/h2-3,6-9,13,15H,4-5,10-12H2,1H3/t15-/m1/s1. The minimum absolute atomic E-state index is 0.0180. The number of hydrogen-bond donors (Lipinski definition) is 0. The Labute approximate surface area is 146 Å². The fourth-order valence-electron chi connectivity index (χ4n) is 3.73. The highest BCUT2D eigenvalue weighted by Crippen LogP contribution is 2.26. The molecule has 3 aromatic rings. The van der Waals surface area contributed by atoms with Crippen molar-refractivity contribution in [1.29, 1.82) is 0 Å². The molecule has 25 heavy (non-hydrogen) atoms. The predicted molar refractivity (Wildman–Crippen MR) is 95.3 cm³/mol. The van der Waals surface area contributed by atoms with Gasteiger partial charge in [-0.2, -0.15) is 0 Å². The molecule has 0 spiro atoms. The average Bonchev–Trinajstić information content (AvgIpc) is 3.08. The summed E-state index contributed by atoms with van der Waals surface area (Å²) in [4.78, 5) is 23.1. The van der Waals surface area contributed by atoms with Crippen molar-refractivity contribution >= 4 is 16.8 Å². The lowest BCUT2D eigenvalue weighted by Crippen LogP contribution is -2.40. The van der Waals surface area contributed by atoms with E-state index in [0.717, 1.165) is 37.9 Å². The summed E-state index contributed by atoms with van der Waals surface area (Å²) in [5, 5.41) is 1.21. The van der Waals surface area contributed by atoms with Crippen LogP contribution in [0.3, 0.4) is 0 Å². The number of hydrogen-bond acceptors (Lipinski definition) is 4. The third-order valence-electron chi connectivity index (χ3n) is 5.00. The van der Waals surface area contributed by atoms with Gasteiger partial charge in [-0.05, 0) is 49.8 Å². The number of likely N-dealkylation sites (tertiary alicyclic amines) is 1. The maximum Gasteiger partial charge on any atom is 0.276 e. The second kappa shape index (κ2) is 6.67. The first-order chi connectivity index (χ1) is 12.2. The van der Waals surface area contributed by atoms with Crippen molar-refractivity contribution < 1.29 is 9.21 Å². The number of carbonyl (C=O) groups is 1. The van der Waals surface area contributed by atoms with E-state index in [2.05, 4.69) is 28.2 Å². The second-order valence-electron chi connectivity index (χ2n) is 6.71. The summed E-state index contributed by atoms with van der Waals surface area (Å²) in [6, 6.07) is 10.4. The van der Waals surface area contributed by atoms with Crippen LogP contribution >= 0.6 is 0 Å². The van der Waals surface area contributed by atoms with Crippen molar-refractivity contribution in [3.63, 3.8) is 0 Å². The molecular formula is C20H21N3O2. The van der Waals surface area contributed by atoms with Gasteiger partial charge >= 0.3 is 0 Å². The Morgan fingerprint density at radius 2 is 2.20 bits per heavy atom. The highest BCUT2D eigenvalue weighted by Gasteiger charge is 2.27. The molecule has 1 aromatic carbocycles. The highest BCUT2D eigenvalue weighted by molar-refractivity contribution is 5.93. The molecule has 1 aliphatic rings. The number of aryl methyl sites for hydroxylation is 1. The van der Waals surface area contributed by atoms with E-state index in [9.17, 15) is 4.79 Å². The average molecular weight is 335 g/mol. The van der Waals surface area contributed by atoms with E-state index in [4.69, 9.17) is 4.42 Å². The number of carbonyl (C=O) groups excluding carboxylic acids is 1. The SMILES string of the molecule is Cc1ocnc1C(=O)N1CCC[C@H](Cc2cccc3ncccc23)C1. The zero-order chi connectivity index (χ0) is 17.2. The highest BCUT2D eigenvalue weighted by atomic mass is 16.3. The summed E-state index contributed by atoms with van der Waals surface area (Å²) in [7, 11) is 0. The Morgan fingerprint density at radius 1 is 1.28 bits per heavy atom. The smallest absolute Gasteiger partial charge is 0.276 e. The molecule has 3 heterocycles. The van der Waals surface area contributed by atoms with Crippen LogP contribution in [-0.4, -0.2) is 33.9 Å². The van der Waals surface area contributed by atoms with Crippen molar-refractivity contribution in [3.8, 4) is 0 Å². The van der Waals surface area contributed by atoms with Crippen LogP contribution in [0.5, 0.6) is 0 Å². The molecule has 1 saturated heterocycles. The summed E-state index contributed by atoms with van der Waals surface area (Å²) >= 11 is 0. The molecule has 0 N–H and O–H groups in total. The summed E-state index contributed by atoms with van der Waals surface area (Å²) < 4.78 is 5.18. The van der Waals surface area contributed by atoms with Crippen molar-refractivity contribution in [1.82, 2.24) is 14.9 Å². The molecule has 0 unspecified atom stereocenters. The minimum atomic E-state index is -0.0180. The van der Waals surface area contributed by atoms with Gasteiger partial charge in [-0.1, -0.05) is 18.2 Å². The first kappa shape index (κ1) is 15.8. The van der Waals surface area contributed by atoms with E-state index < -0.39 is 0 Å². The lowest BCUT2D eigenvalue weighted by molar-refractivity contribution is 0.0666. The van der Waals surface area contributed by atoms with Crippen LogP contribution in [0.15, 0.2) is 47.3 Å². The molecule has 4 rings (SSSR count). The predicted octanol–water partition coefficient (Wildman–Crippen LogP) is 3.63. The van der Waals surface area contributed by atoms with E-state index in [1.54, 1.807) is 6.92 Å². The Kier molecular flexibility index (Phi) is 4.22. The van der Waals surface area contributed by atoms with Crippen LogP contribution in [0, 0.1) is 12.8 Å². The summed E-state index contributed by atoms with van der Waals surface area (Å²) in [6.45, 7) is 3.34. The molecule has 0 bridgehead atoms. The molecule has 1 fully saturated rings. The van der Waals surface area contributed by atoms with E-state index >= 15 is 0 Å². The van der Waals surface area contributed by atoms with Gasteiger partial charge < -0.3 is 9.32 Å². The number of rotatable bonds is 3. The van der Waals surface area contributed by atoms with Gasteiger partial charge in [0.15, 0.2) is 12.1 Å². The minimum Gasteiger partial charge on any atom is -0.448 e. The summed E-state index contributed by atoms with van der Waals surface area (Å²) in [5.74, 6) is 1.03. The second-order valence-corrected chi connectivity index (χ2v) is 6.71. The van der Waals surface area contributed by atoms with E-state index in [0.29, 0.717) is 17.4 Å². The Bertz CT molecular complexity index is 897. The largest absolute Gasteiger partial charge is 0.448 e. The van der Waals surface area contributed by atoms with Crippen LogP contribution < -0.4 is 0 Å². The quantitative estimate of drug-likeness (QED) is 0.733. The number of nitrogens with zero attached hydrogens (tertiary/aromatic N) is 3. The fourth-order valence-corrected chi connectivity index (χ4v) is 3.73. The third-order valence-corrected chi connectivity index (χ3v) is 5.00. The zero-order valence-electron chi connectivity index (χ0n) is 14.3. The molecule has 1 atom stereocenters. The van der Waals surface area contributed by atoms with Gasteiger partial charge in [-0.25, -0.2) is 4.98 Å². The number of oxazole rings is 1. The molecular weight excluding hydrogens is 314 g/mol. The molecule has 1 amide bonds. The molecule has 0 radical (unpaired) electrons. The van der Waals surface area contributed by atoms with Gasteiger partial charge in [0.2, 0.25) is 0 Å². The lowest BCUT2D eigenvalue weighted by atomic mass is 9.89. The first-order valence-electron chi connectivity index (χ1n) is 8.74. The van der Waals surface area contributed by atoms with Gasteiger partial charge in [0.05, 0.1) is 5.52 Å². The number of pyridine rings is 1. The Morgan fingerprint density at radius 3 is 3.04 bits per heavy atom. The molecule has 1 aliphatic heterocycles. The van der Waals surface area contributed by atoms with Crippen LogP contribution in [0.1, 0.15) is 34.7 Å². The molecule has 2 aromatic heterocycles. The maximum atomic E-state index is 12.7. The van der Waals surface area contributed by atoms with Gasteiger partial charge in [-0.3, -0.25) is 9.78 Å². The zero-order valence-corrected chi connectivity index (χ0v) is 14.3. The fraction of sp³-hybridized carbons (Fsp3) is 0.350. The monoisotopic (exact) mass is 335 g/mol. The number of amides is 1. The summed E-state index contributed by atoms with van der Waals surface area (Å²) in [6.07, 6.45) is 6.29. The Hall–Kier alpha value is -2.69. The molecule has 128 valence electrons. The Balaban J connectivity index is 1.52. The molecule has 5 heteroatoms. The van der Waals surface area contributed by atoms with Crippen LogP contribution in [0.4, 0.5) is 0 Å². The third kappa shape index (κ3) is 3.14. The van der Waals surface area contributed by atoms with Gasteiger partial charge in [-0.15, -0.1) is 0 Å². The molecule has 5 nitrogen and oxygen atoms in total. The molecule has 0 saturated carbocycles. The van der Waals surface area contributed by atoms with E-state index in [-0.39, 0.29) is 5.91 Å². The first-order valence-corrected chi connectivity index (χ1v) is 8.74. The topological polar surface area (TPSA) is 59.2 Å². The lowest BCUT2D eigenvalue weighted by Gasteiger charge is -2.32. The summed E-state index contributed by atoms with van der Waals surface area (Å²) in [5.41, 5.74) is 2.78. The number of piperidine rings is 1. The molecule has 0 aliphatic carbocycles. The maximum absolute atomic E-state index is 12.7. The van der Waals surface area contributed by atoms with Crippen molar-refractivity contribution in [2.24, 2.45) is 5.92 Å². The number of fused-ring (bicyclic) bond motifs is 1. The van der Waals surface area contributed by atoms with Crippen LogP contribution in [-0.2, 0) is 6.42 Å². The van der Waals surface area contributed by atoms with Crippen LogP contribution in [0.25, 0.3) is 10.9 Å². The van der Waals surface area contributed by atoms with E-state index in [1.807, 2.05) is 23.2 Å². The van der Waals surface area contributed by atoms with Crippen molar-refractivity contribution in [2.75, 3.05) is 13.1 Å². The van der Waals surface area contributed by atoms with Crippen molar-refractivity contribution in [3.05, 3.63) is 59.9 Å². The number of aromatic nitrogens is 2. The number of benzene rings is 1. The van der Waals surface area contributed by atoms with Crippen molar-refractivity contribution in [2.45, 2.75) is 26.2 Å².